The van der Waals surface area contributed by atoms with E-state index in [1.807, 2.05) is 13.2 Å². The first-order chi connectivity index (χ1) is 21.0. The van der Waals surface area contributed by atoms with Gasteiger partial charge in [-0.05, 0) is 49.7 Å². The van der Waals surface area contributed by atoms with Crippen molar-refractivity contribution in [2.45, 2.75) is 38.5 Å². The average Bonchev–Trinajstić information content (AvgIpc) is 3.35. The molecule has 0 atom stereocenters. The number of carbonyl (C=O) groups excluding carboxylic acids is 2. The van der Waals surface area contributed by atoms with Crippen LogP contribution in [0, 0.1) is 3.83 Å². The van der Waals surface area contributed by atoms with Crippen LogP contribution >= 0.6 is 22.6 Å². The molecular formula is C28H34IN11O4. The zero-order valence-corrected chi connectivity index (χ0v) is 27.6. The Morgan fingerprint density at radius 1 is 0.795 bits per heavy atom. The number of nitrogen functional groups attached to an aromatic ring is 1. The van der Waals surface area contributed by atoms with E-state index in [1.54, 1.807) is 36.7 Å². The predicted octanol–water partition coefficient (Wildman–Crippen LogP) is 2.19. The number of aryl methyl sites for hydroxylation is 4. The number of nitrogens with two attached hydrogens (primary N) is 1. The fourth-order valence-corrected chi connectivity index (χ4v) is 5.88. The fraction of sp³-hybridized carbons (Fsp3) is 0.429. The van der Waals surface area contributed by atoms with Gasteiger partial charge in [0, 0.05) is 74.3 Å². The summed E-state index contributed by atoms with van der Waals surface area (Å²) in [5, 5.41) is 11.2. The molecule has 2 aliphatic carbocycles. The molecule has 0 spiro atoms. The number of fused-ring (bicyclic) bond motifs is 6. The lowest BCUT2D eigenvalue weighted by molar-refractivity contribution is -0.0761. The van der Waals surface area contributed by atoms with Crippen LogP contribution in [0.3, 0.4) is 0 Å². The molecule has 0 radical (unpaired) electrons. The van der Waals surface area contributed by atoms with Crippen LogP contribution in [0.1, 0.15) is 56.1 Å². The predicted molar refractivity (Wildman–Crippen MR) is 168 cm³/mol. The molecule has 0 saturated heterocycles. The molecule has 0 unspecified atom stereocenters. The van der Waals surface area contributed by atoms with E-state index >= 15 is 0 Å². The van der Waals surface area contributed by atoms with Gasteiger partial charge < -0.3 is 5.73 Å². The maximum atomic E-state index is 12.4. The highest BCUT2D eigenvalue weighted by atomic mass is 127. The number of carbonyl (C=O) groups is 2. The molecule has 44 heavy (non-hydrogen) atoms. The van der Waals surface area contributed by atoms with E-state index < -0.39 is 0 Å². The van der Waals surface area contributed by atoms with Gasteiger partial charge in [0.1, 0.15) is 0 Å². The number of rotatable bonds is 4. The van der Waals surface area contributed by atoms with Crippen LogP contribution in [0.2, 0.25) is 0 Å². The Morgan fingerprint density at radius 2 is 1.25 bits per heavy atom. The second kappa shape index (κ2) is 12.9. The van der Waals surface area contributed by atoms with Gasteiger partial charge in [0.15, 0.2) is 15.2 Å². The van der Waals surface area contributed by atoms with Crippen LogP contribution in [0.25, 0.3) is 22.8 Å². The summed E-state index contributed by atoms with van der Waals surface area (Å²) >= 11 is 2.10. The van der Waals surface area contributed by atoms with E-state index in [-0.39, 0.29) is 17.8 Å². The van der Waals surface area contributed by atoms with Gasteiger partial charge in [-0.3, -0.25) is 28.6 Å². The zero-order valence-electron chi connectivity index (χ0n) is 25.5. The Morgan fingerprint density at radius 3 is 1.73 bits per heavy atom. The van der Waals surface area contributed by atoms with E-state index in [4.69, 9.17) is 15.4 Å². The molecule has 0 bridgehead atoms. The molecule has 0 aromatic carbocycles. The first-order valence-corrected chi connectivity index (χ1v) is 15.0. The van der Waals surface area contributed by atoms with Crippen LogP contribution in [-0.4, -0.2) is 89.8 Å². The molecule has 2 amide bonds. The van der Waals surface area contributed by atoms with E-state index in [0.717, 1.165) is 83.6 Å². The monoisotopic (exact) mass is 715 g/mol. The second-order valence-corrected chi connectivity index (χ2v) is 11.4. The van der Waals surface area contributed by atoms with Crippen molar-refractivity contribution in [1.82, 2.24) is 49.6 Å². The number of amides is 2. The molecule has 4 aromatic rings. The lowest BCUT2D eigenvalue weighted by Gasteiger charge is -2.12. The van der Waals surface area contributed by atoms with Crippen LogP contribution in [0.5, 0.6) is 0 Å². The highest BCUT2D eigenvalue weighted by Gasteiger charge is 2.30. The van der Waals surface area contributed by atoms with Crippen molar-refractivity contribution in [2.75, 3.05) is 34.0 Å². The standard InChI is InChI=1S/C14H16IN5O2.C14H18N6O2/c2*1-19-12-9(11(18-19)13(21)20(2)22-3)6-4-5-8-7-16-14(15)17-10(8)12/h7H,4-6H2,1-3H3;7H,4-6H2,1-3H3,(H2,15,16,17). The Bertz CT molecular complexity index is 1610. The van der Waals surface area contributed by atoms with Gasteiger partial charge in [-0.2, -0.15) is 10.2 Å². The summed E-state index contributed by atoms with van der Waals surface area (Å²) in [5.41, 5.74) is 13.9. The van der Waals surface area contributed by atoms with Crippen molar-refractivity contribution in [3.63, 3.8) is 0 Å². The van der Waals surface area contributed by atoms with E-state index in [0.29, 0.717) is 15.2 Å². The summed E-state index contributed by atoms with van der Waals surface area (Å²) in [7, 11) is 9.70. The maximum absolute atomic E-state index is 12.4. The van der Waals surface area contributed by atoms with Crippen molar-refractivity contribution >= 4 is 40.4 Å². The summed E-state index contributed by atoms with van der Waals surface area (Å²) in [6, 6.07) is 0. The highest BCUT2D eigenvalue weighted by molar-refractivity contribution is 14.1. The van der Waals surface area contributed by atoms with Gasteiger partial charge in [0.05, 0.1) is 37.0 Å². The molecule has 2 aliphatic rings. The molecule has 15 nitrogen and oxygen atoms in total. The Kier molecular flexibility index (Phi) is 9.21. The number of anilines is 1. The van der Waals surface area contributed by atoms with Crippen molar-refractivity contribution < 1.29 is 19.3 Å². The van der Waals surface area contributed by atoms with Gasteiger partial charge in [-0.15, -0.1) is 0 Å². The molecule has 2 N–H and O–H groups in total. The van der Waals surface area contributed by atoms with Gasteiger partial charge >= 0.3 is 0 Å². The van der Waals surface area contributed by atoms with Crippen LogP contribution in [-0.2, 0) is 49.5 Å². The van der Waals surface area contributed by atoms with E-state index in [2.05, 4.69) is 52.7 Å². The maximum Gasteiger partial charge on any atom is 0.297 e. The number of halogens is 1. The van der Waals surface area contributed by atoms with Gasteiger partial charge in [0.25, 0.3) is 11.8 Å². The first kappa shape index (κ1) is 31.4. The SMILES string of the molecule is CON(C)C(=O)c1nn(C)c2c1CCCc1cnc(I)nc1-2.CON(C)C(=O)c1nn(C)c2c1CCCc1cnc(N)nc1-2. The van der Waals surface area contributed by atoms with Gasteiger partial charge in [0.2, 0.25) is 5.95 Å². The molecule has 6 rings (SSSR count). The number of aromatic nitrogens is 8. The quantitative estimate of drug-likeness (QED) is 0.187. The number of nitrogens with zero attached hydrogens (tertiary/aromatic N) is 10. The van der Waals surface area contributed by atoms with Gasteiger partial charge in [-0.25, -0.2) is 30.1 Å². The third-order valence-electron chi connectivity index (χ3n) is 7.73. The van der Waals surface area contributed by atoms with E-state index in [1.165, 1.54) is 24.3 Å². The molecular weight excluding hydrogens is 681 g/mol. The topological polar surface area (TPSA) is 172 Å². The fourth-order valence-electron chi connectivity index (χ4n) is 5.50. The molecule has 4 aromatic heterocycles. The lowest BCUT2D eigenvalue weighted by Crippen LogP contribution is -2.26. The third-order valence-corrected chi connectivity index (χ3v) is 8.25. The summed E-state index contributed by atoms with van der Waals surface area (Å²) in [6.45, 7) is 0. The average molecular weight is 716 g/mol. The smallest absolute Gasteiger partial charge is 0.297 e. The van der Waals surface area contributed by atoms with Crippen LogP contribution in [0.15, 0.2) is 12.4 Å². The highest BCUT2D eigenvalue weighted by Crippen LogP contribution is 2.34. The molecule has 4 heterocycles. The summed E-state index contributed by atoms with van der Waals surface area (Å²) in [5.74, 6) is -0.300. The first-order valence-electron chi connectivity index (χ1n) is 13.9. The van der Waals surface area contributed by atoms with Crippen LogP contribution < -0.4 is 5.73 Å². The minimum Gasteiger partial charge on any atom is -0.368 e. The molecule has 232 valence electrons. The van der Waals surface area contributed by atoms with Crippen LogP contribution in [0.4, 0.5) is 5.95 Å². The Labute approximate surface area is 267 Å². The molecule has 16 heteroatoms. The summed E-state index contributed by atoms with van der Waals surface area (Å²) < 4.78 is 4.11. The minimum absolute atomic E-state index is 0.217. The number of hydrogen-bond acceptors (Lipinski definition) is 11. The number of hydroxylamine groups is 4. The van der Waals surface area contributed by atoms with Crippen molar-refractivity contribution in [2.24, 2.45) is 14.1 Å². The van der Waals surface area contributed by atoms with Crippen molar-refractivity contribution in [3.8, 4) is 22.8 Å². The minimum atomic E-state index is -0.273. The summed E-state index contributed by atoms with van der Waals surface area (Å²) in [4.78, 5) is 52.1. The van der Waals surface area contributed by atoms with Crippen molar-refractivity contribution in [1.29, 1.82) is 0 Å². The van der Waals surface area contributed by atoms with Gasteiger partial charge in [-0.1, -0.05) is 0 Å². The summed E-state index contributed by atoms with van der Waals surface area (Å²) in [6.07, 6.45) is 8.74. The third kappa shape index (κ3) is 5.88. The Hall–Kier alpha value is -4.03. The largest absolute Gasteiger partial charge is 0.368 e. The number of hydrogen-bond donors (Lipinski definition) is 1. The zero-order chi connectivity index (χ0) is 31.7. The van der Waals surface area contributed by atoms with E-state index in [9.17, 15) is 9.59 Å². The molecule has 0 fully saturated rings. The van der Waals surface area contributed by atoms with Crippen molar-refractivity contribution in [3.05, 3.63) is 49.9 Å². The Balaban J connectivity index is 0.000000175. The lowest BCUT2D eigenvalue weighted by atomic mass is 10.1. The molecule has 0 aliphatic heterocycles. The second-order valence-electron chi connectivity index (χ2n) is 10.4. The normalized spacial score (nSPS) is 13.2. The molecule has 0 saturated carbocycles.